The molecular formula is C31H32ClN5O6. The maximum Gasteiger partial charge on any atom is 0.326 e. The number of rotatable bonds is 10. The number of carboxylic acid groups (broad SMARTS) is 1. The minimum atomic E-state index is -1.05. The lowest BCUT2D eigenvalue weighted by molar-refractivity contribution is -0.141. The number of nitrogens with two attached hydrogens (primary N) is 1. The van der Waals surface area contributed by atoms with E-state index in [-0.39, 0.29) is 30.3 Å². The van der Waals surface area contributed by atoms with Gasteiger partial charge in [0.2, 0.25) is 0 Å². The fraction of sp³-hybridized carbons (Fsp3) is 0.258. The van der Waals surface area contributed by atoms with E-state index in [0.29, 0.717) is 49.0 Å². The number of nitrogens with one attached hydrogen (secondary N) is 1. The van der Waals surface area contributed by atoms with Crippen LogP contribution in [0.2, 0.25) is 0 Å². The first-order valence-electron chi connectivity index (χ1n) is 13.7. The first kappa shape index (κ1) is 31.4. The molecule has 1 aliphatic rings. The number of fused-ring (bicyclic) bond motifs is 1. The predicted octanol–water partition coefficient (Wildman–Crippen LogP) is 3.83. The molecule has 1 atom stereocenters. The van der Waals surface area contributed by atoms with Gasteiger partial charge in [0, 0.05) is 30.3 Å². The molecule has 0 spiro atoms. The Bertz CT molecular complexity index is 1610. The van der Waals surface area contributed by atoms with Crippen molar-refractivity contribution in [2.24, 2.45) is 5.84 Å². The number of aromatic nitrogens is 2. The molecule has 11 nitrogen and oxygen atoms in total. The number of likely N-dealkylation sites (tertiary alicyclic amines) is 1. The lowest BCUT2D eigenvalue weighted by Gasteiger charge is -2.21. The Morgan fingerprint density at radius 1 is 1.00 bits per heavy atom. The van der Waals surface area contributed by atoms with Crippen LogP contribution in [0.15, 0.2) is 66.9 Å². The summed E-state index contributed by atoms with van der Waals surface area (Å²) in [5.74, 6) is 4.12. The quantitative estimate of drug-likeness (QED) is 0.0908. The summed E-state index contributed by atoms with van der Waals surface area (Å²) >= 11 is 0. The smallest absolute Gasteiger partial charge is 0.326 e. The van der Waals surface area contributed by atoms with Gasteiger partial charge in [-0.05, 0) is 61.1 Å². The number of hydrogen-bond donors (Lipinski definition) is 4. The molecule has 3 heterocycles. The number of hydrogen-bond acceptors (Lipinski definition) is 8. The van der Waals surface area contributed by atoms with Crippen LogP contribution in [0.25, 0.3) is 33.3 Å². The van der Waals surface area contributed by atoms with Crippen molar-refractivity contribution in [2.75, 3.05) is 19.8 Å². The molecule has 43 heavy (non-hydrogen) atoms. The molecule has 5 N–H and O–H groups in total. The van der Waals surface area contributed by atoms with E-state index in [1.165, 1.54) is 17.2 Å². The highest BCUT2D eigenvalue weighted by molar-refractivity contribution is 6.08. The number of pyridine rings is 2. The molecule has 224 valence electrons. The Balaban J connectivity index is 0.00000423. The number of unbranched alkanes of at least 4 members (excludes halogenated alkanes) is 1. The third-order valence-electron chi connectivity index (χ3n) is 7.28. The third-order valence-corrected chi connectivity index (χ3v) is 7.28. The van der Waals surface area contributed by atoms with Crippen molar-refractivity contribution in [3.05, 3.63) is 78.1 Å². The van der Waals surface area contributed by atoms with Crippen LogP contribution < -0.4 is 16.0 Å². The number of aliphatic carboxylic acids is 1. The second-order valence-corrected chi connectivity index (χ2v) is 9.99. The normalized spacial score (nSPS) is 14.3. The van der Waals surface area contributed by atoms with Crippen LogP contribution in [0.1, 0.15) is 46.5 Å². The zero-order valence-corrected chi connectivity index (χ0v) is 24.0. The van der Waals surface area contributed by atoms with Gasteiger partial charge in [-0.15, -0.1) is 12.4 Å². The molecule has 4 aromatic rings. The van der Waals surface area contributed by atoms with Crippen molar-refractivity contribution in [1.29, 1.82) is 0 Å². The van der Waals surface area contributed by atoms with Crippen LogP contribution in [0.3, 0.4) is 0 Å². The van der Waals surface area contributed by atoms with E-state index in [1.54, 1.807) is 6.07 Å². The summed E-state index contributed by atoms with van der Waals surface area (Å²) in [6.45, 7) is 1.03. The van der Waals surface area contributed by atoms with Crippen LogP contribution in [0.4, 0.5) is 0 Å². The zero-order valence-electron chi connectivity index (χ0n) is 23.2. The lowest BCUT2D eigenvalue weighted by atomic mass is 10.0. The van der Waals surface area contributed by atoms with Gasteiger partial charge in [-0.3, -0.25) is 20.0 Å². The van der Waals surface area contributed by atoms with E-state index in [2.05, 4.69) is 10.4 Å². The third kappa shape index (κ3) is 6.91. The molecular weight excluding hydrogens is 574 g/mol. The molecule has 0 aliphatic carbocycles. The summed E-state index contributed by atoms with van der Waals surface area (Å²) in [6, 6.07) is 17.6. The highest BCUT2D eigenvalue weighted by atomic mass is 35.5. The van der Waals surface area contributed by atoms with Gasteiger partial charge in [-0.25, -0.2) is 15.6 Å². The second kappa shape index (κ2) is 14.1. The summed E-state index contributed by atoms with van der Waals surface area (Å²) < 4.78 is 5.70. The van der Waals surface area contributed by atoms with E-state index in [1.807, 2.05) is 48.5 Å². The molecule has 0 unspecified atom stereocenters. The monoisotopic (exact) mass is 605 g/mol. The van der Waals surface area contributed by atoms with Crippen molar-refractivity contribution in [3.63, 3.8) is 0 Å². The molecule has 2 aromatic carbocycles. The van der Waals surface area contributed by atoms with Crippen molar-refractivity contribution in [3.8, 4) is 28.1 Å². The topological polar surface area (TPSA) is 168 Å². The fourth-order valence-electron chi connectivity index (χ4n) is 5.05. The van der Waals surface area contributed by atoms with Crippen molar-refractivity contribution < 1.29 is 29.3 Å². The predicted molar refractivity (Wildman–Crippen MR) is 163 cm³/mol. The molecule has 2 amide bonds. The van der Waals surface area contributed by atoms with Crippen LogP contribution in [0, 0.1) is 0 Å². The largest absolute Gasteiger partial charge is 0.494 e. The summed E-state index contributed by atoms with van der Waals surface area (Å²) in [7, 11) is 0. The van der Waals surface area contributed by atoms with E-state index >= 15 is 0 Å². The maximum atomic E-state index is 13.2. The average molecular weight is 606 g/mol. The van der Waals surface area contributed by atoms with Crippen molar-refractivity contribution in [2.45, 2.75) is 31.7 Å². The standard InChI is InChI=1S/C31H31N5O6.ClH/c32-35-29(38)23-16-25(21-7-5-19(6-8-21)20-9-11-22(12-10-20)42-15-2-1-14-37)34-26-17-27(33-18-24(23)26)30(39)36-13-3-4-28(36)31(40)41;/h5-12,16-18,28,37H,1-4,13-15,32H2,(H,35,38)(H,40,41);1H/t28-;/m1./s1. The highest BCUT2D eigenvalue weighted by Crippen LogP contribution is 2.29. The van der Waals surface area contributed by atoms with Crippen LogP contribution in [-0.2, 0) is 4.79 Å². The summed E-state index contributed by atoms with van der Waals surface area (Å²) in [6.07, 6.45) is 3.86. The van der Waals surface area contributed by atoms with E-state index < -0.39 is 23.8 Å². The van der Waals surface area contributed by atoms with Gasteiger partial charge in [-0.2, -0.15) is 0 Å². The van der Waals surface area contributed by atoms with Crippen LogP contribution in [0.5, 0.6) is 5.75 Å². The first-order valence-corrected chi connectivity index (χ1v) is 13.7. The summed E-state index contributed by atoms with van der Waals surface area (Å²) in [5.41, 5.74) is 6.00. The number of carboxylic acids is 1. The second-order valence-electron chi connectivity index (χ2n) is 9.99. The molecule has 0 saturated carbocycles. The fourth-order valence-corrected chi connectivity index (χ4v) is 5.05. The number of aliphatic hydroxyl groups is 1. The van der Waals surface area contributed by atoms with E-state index in [0.717, 1.165) is 28.9 Å². The van der Waals surface area contributed by atoms with Gasteiger partial charge in [0.05, 0.1) is 23.4 Å². The summed E-state index contributed by atoms with van der Waals surface area (Å²) in [4.78, 5) is 47.7. The van der Waals surface area contributed by atoms with E-state index in [4.69, 9.17) is 20.7 Å². The van der Waals surface area contributed by atoms with Gasteiger partial charge in [0.25, 0.3) is 11.8 Å². The zero-order chi connectivity index (χ0) is 29.6. The Morgan fingerprint density at radius 3 is 2.33 bits per heavy atom. The minimum absolute atomic E-state index is 0. The SMILES string of the molecule is Cl.NNC(=O)c1cc(-c2ccc(-c3ccc(OCCCCO)cc3)cc2)nc2cc(C(=O)N3CCC[C@@H]3C(=O)O)ncc12. The number of amides is 2. The number of halogens is 1. The number of aliphatic hydroxyl groups excluding tert-OH is 1. The van der Waals surface area contributed by atoms with Gasteiger partial charge in [0.15, 0.2) is 0 Å². The number of nitrogen functional groups attached to an aromatic ring is 1. The Hall–Kier alpha value is -4.58. The first-order chi connectivity index (χ1) is 20.4. The Kier molecular flexibility index (Phi) is 10.3. The van der Waals surface area contributed by atoms with Crippen LogP contribution >= 0.6 is 12.4 Å². The maximum absolute atomic E-state index is 13.2. The molecule has 1 fully saturated rings. The molecule has 1 saturated heterocycles. The molecule has 0 bridgehead atoms. The lowest BCUT2D eigenvalue weighted by Crippen LogP contribution is -2.40. The van der Waals surface area contributed by atoms with Crippen molar-refractivity contribution >= 4 is 41.1 Å². The van der Waals surface area contributed by atoms with E-state index in [9.17, 15) is 19.5 Å². The van der Waals surface area contributed by atoms with Crippen molar-refractivity contribution in [1.82, 2.24) is 20.3 Å². The molecule has 5 rings (SSSR count). The Labute approximate surface area is 254 Å². The number of nitrogens with zero attached hydrogens (tertiary/aromatic N) is 3. The number of ether oxygens (including phenoxy) is 1. The Morgan fingerprint density at radius 2 is 1.67 bits per heavy atom. The van der Waals surface area contributed by atoms with Gasteiger partial charge in [-0.1, -0.05) is 36.4 Å². The molecule has 1 aliphatic heterocycles. The number of hydrazine groups is 1. The van der Waals surface area contributed by atoms with Crippen LogP contribution in [-0.4, -0.2) is 68.7 Å². The van der Waals surface area contributed by atoms with Gasteiger partial charge >= 0.3 is 5.97 Å². The molecule has 0 radical (unpaired) electrons. The highest BCUT2D eigenvalue weighted by Gasteiger charge is 2.35. The van der Waals surface area contributed by atoms with Gasteiger partial charge in [0.1, 0.15) is 17.5 Å². The summed E-state index contributed by atoms with van der Waals surface area (Å²) in [5, 5.41) is 18.8. The van der Waals surface area contributed by atoms with Gasteiger partial charge < -0.3 is 19.8 Å². The number of carbonyl (C=O) groups is 3. The molecule has 2 aromatic heterocycles. The average Bonchev–Trinajstić information content (AvgIpc) is 3.53. The number of carbonyl (C=O) groups excluding carboxylic acids is 2. The number of benzene rings is 2. The minimum Gasteiger partial charge on any atom is -0.494 e. The molecule has 12 heteroatoms.